The Labute approximate surface area is 195 Å². The van der Waals surface area contributed by atoms with Crippen LogP contribution in [0, 0.1) is 11.3 Å². The highest BCUT2D eigenvalue weighted by Gasteiger charge is 2.19. The number of para-hydroxylation sites is 1. The highest BCUT2D eigenvalue weighted by molar-refractivity contribution is 5.79. The zero-order valence-corrected chi connectivity index (χ0v) is 19.0. The van der Waals surface area contributed by atoms with Gasteiger partial charge in [-0.05, 0) is 36.2 Å². The summed E-state index contributed by atoms with van der Waals surface area (Å²) in [6.45, 7) is 2.85. The van der Waals surface area contributed by atoms with Crippen molar-refractivity contribution in [2.75, 3.05) is 25.2 Å². The molecule has 0 saturated heterocycles. The molecule has 0 amide bonds. The summed E-state index contributed by atoms with van der Waals surface area (Å²) in [6, 6.07) is 28.4. The van der Waals surface area contributed by atoms with Crippen LogP contribution in [0.1, 0.15) is 18.9 Å². The van der Waals surface area contributed by atoms with Crippen LogP contribution in [0.2, 0.25) is 0 Å². The Morgan fingerprint density at radius 3 is 2.42 bits per heavy atom. The van der Waals surface area contributed by atoms with E-state index in [1.54, 1.807) is 7.11 Å². The Morgan fingerprint density at radius 1 is 1.03 bits per heavy atom. The van der Waals surface area contributed by atoms with Gasteiger partial charge in [0.2, 0.25) is 0 Å². The maximum absolute atomic E-state index is 12.1. The van der Waals surface area contributed by atoms with Crippen LogP contribution in [-0.4, -0.2) is 32.4 Å². The normalized spacial score (nSPS) is 11.3. The lowest BCUT2D eigenvalue weighted by Crippen LogP contribution is -2.45. The Balaban J connectivity index is 1.86. The molecule has 1 atom stereocenters. The second-order valence-corrected chi connectivity index (χ2v) is 7.54. The molecule has 3 rings (SSSR count). The fourth-order valence-corrected chi connectivity index (χ4v) is 3.55. The van der Waals surface area contributed by atoms with Gasteiger partial charge in [-0.2, -0.15) is 5.26 Å². The van der Waals surface area contributed by atoms with Gasteiger partial charge in [0.1, 0.15) is 12.4 Å². The van der Waals surface area contributed by atoms with Crippen LogP contribution in [0.4, 0.5) is 5.69 Å². The Bertz CT molecular complexity index is 1060. The molecule has 6 nitrogen and oxygen atoms in total. The highest BCUT2D eigenvalue weighted by atomic mass is 16.5. The summed E-state index contributed by atoms with van der Waals surface area (Å²) in [5.41, 5.74) is 4.37. The third-order valence-electron chi connectivity index (χ3n) is 5.30. The first-order valence-corrected chi connectivity index (χ1v) is 10.9. The first kappa shape index (κ1) is 23.8. The van der Waals surface area contributed by atoms with Gasteiger partial charge in [-0.15, -0.1) is 0 Å². The van der Waals surface area contributed by atoms with Crippen LogP contribution >= 0.6 is 0 Å². The number of methoxy groups -OCH3 is 1. The van der Waals surface area contributed by atoms with Crippen molar-refractivity contribution in [3.8, 4) is 22.9 Å². The molecule has 6 heteroatoms. The van der Waals surface area contributed by atoms with Crippen LogP contribution in [0.3, 0.4) is 0 Å². The Kier molecular flexibility index (Phi) is 8.87. The Hall–Kier alpha value is -3.82. The molecule has 0 bridgehead atoms. The predicted molar refractivity (Wildman–Crippen MR) is 130 cm³/mol. The SMILES string of the molecule is COc1ccc(-c2ccccc2N(Cc2ccccc2)C(C)NCC(=O)OCCC#N)cc1. The summed E-state index contributed by atoms with van der Waals surface area (Å²) in [5, 5.41) is 11.9. The Morgan fingerprint density at radius 2 is 1.73 bits per heavy atom. The van der Waals surface area contributed by atoms with Crippen molar-refractivity contribution in [3.63, 3.8) is 0 Å². The molecule has 1 N–H and O–H groups in total. The predicted octanol–water partition coefficient (Wildman–Crippen LogP) is 4.76. The summed E-state index contributed by atoms with van der Waals surface area (Å²) >= 11 is 0. The number of ether oxygens (including phenoxy) is 2. The molecule has 0 aromatic heterocycles. The molecule has 3 aromatic rings. The molecule has 0 saturated carbocycles. The second-order valence-electron chi connectivity index (χ2n) is 7.54. The number of carbonyl (C=O) groups is 1. The average molecular weight is 444 g/mol. The lowest BCUT2D eigenvalue weighted by atomic mass is 10.0. The molecule has 0 aliphatic heterocycles. The summed E-state index contributed by atoms with van der Waals surface area (Å²) < 4.78 is 10.4. The summed E-state index contributed by atoms with van der Waals surface area (Å²) in [7, 11) is 1.66. The third kappa shape index (κ3) is 6.83. The molecule has 0 heterocycles. The van der Waals surface area contributed by atoms with Crippen molar-refractivity contribution in [1.82, 2.24) is 5.32 Å². The molecular formula is C27H29N3O3. The van der Waals surface area contributed by atoms with E-state index >= 15 is 0 Å². The van der Waals surface area contributed by atoms with Gasteiger partial charge in [-0.3, -0.25) is 10.1 Å². The third-order valence-corrected chi connectivity index (χ3v) is 5.30. The van der Waals surface area contributed by atoms with Crippen LogP contribution < -0.4 is 15.0 Å². The van der Waals surface area contributed by atoms with Gasteiger partial charge >= 0.3 is 5.97 Å². The van der Waals surface area contributed by atoms with E-state index in [9.17, 15) is 4.79 Å². The quantitative estimate of drug-likeness (QED) is 0.262. The molecule has 170 valence electrons. The van der Waals surface area contributed by atoms with Gasteiger partial charge < -0.3 is 14.4 Å². The first-order chi connectivity index (χ1) is 16.1. The molecule has 0 fully saturated rings. The molecule has 0 radical (unpaired) electrons. The first-order valence-electron chi connectivity index (χ1n) is 10.9. The van der Waals surface area contributed by atoms with E-state index in [1.165, 1.54) is 0 Å². The van der Waals surface area contributed by atoms with Crippen molar-refractivity contribution in [2.45, 2.75) is 26.1 Å². The minimum atomic E-state index is -0.375. The number of benzene rings is 3. The van der Waals surface area contributed by atoms with Gasteiger partial charge in [0, 0.05) is 17.8 Å². The highest BCUT2D eigenvalue weighted by Crippen LogP contribution is 2.33. The van der Waals surface area contributed by atoms with Crippen molar-refractivity contribution < 1.29 is 14.3 Å². The molecule has 0 aliphatic rings. The van der Waals surface area contributed by atoms with Crippen molar-refractivity contribution in [1.29, 1.82) is 5.26 Å². The van der Waals surface area contributed by atoms with E-state index in [1.807, 2.05) is 67.6 Å². The zero-order chi connectivity index (χ0) is 23.5. The van der Waals surface area contributed by atoms with E-state index in [0.29, 0.717) is 6.54 Å². The van der Waals surface area contributed by atoms with E-state index in [2.05, 4.69) is 34.5 Å². The van der Waals surface area contributed by atoms with Gasteiger partial charge in [-0.25, -0.2) is 0 Å². The van der Waals surface area contributed by atoms with Crippen molar-refractivity contribution >= 4 is 11.7 Å². The summed E-state index contributed by atoms with van der Waals surface area (Å²) in [4.78, 5) is 14.3. The number of carbonyl (C=O) groups excluding carboxylic acids is 1. The number of anilines is 1. The van der Waals surface area contributed by atoms with Gasteiger partial charge in [-0.1, -0.05) is 60.7 Å². The topological polar surface area (TPSA) is 74.6 Å². The minimum absolute atomic E-state index is 0.0581. The molecule has 0 aliphatic carbocycles. The summed E-state index contributed by atoms with van der Waals surface area (Å²) in [5.74, 6) is 0.433. The van der Waals surface area contributed by atoms with E-state index < -0.39 is 0 Å². The molecule has 0 spiro atoms. The number of rotatable bonds is 11. The van der Waals surface area contributed by atoms with Crippen LogP contribution in [0.15, 0.2) is 78.9 Å². The second kappa shape index (κ2) is 12.3. The molecular weight excluding hydrogens is 414 g/mol. The van der Waals surface area contributed by atoms with E-state index in [0.717, 1.165) is 28.1 Å². The number of hydrogen-bond donors (Lipinski definition) is 1. The van der Waals surface area contributed by atoms with Crippen LogP contribution in [0.25, 0.3) is 11.1 Å². The maximum Gasteiger partial charge on any atom is 0.320 e. The van der Waals surface area contributed by atoms with Gasteiger partial charge in [0.25, 0.3) is 0 Å². The largest absolute Gasteiger partial charge is 0.497 e. The average Bonchev–Trinajstić information content (AvgIpc) is 2.87. The lowest BCUT2D eigenvalue weighted by Gasteiger charge is -2.33. The lowest BCUT2D eigenvalue weighted by molar-refractivity contribution is -0.142. The molecule has 3 aromatic carbocycles. The number of hydrogen-bond acceptors (Lipinski definition) is 6. The van der Waals surface area contributed by atoms with Gasteiger partial charge in [0.05, 0.1) is 32.3 Å². The molecule has 33 heavy (non-hydrogen) atoms. The van der Waals surface area contributed by atoms with Crippen LogP contribution in [-0.2, 0) is 16.1 Å². The number of nitrogens with zero attached hydrogens (tertiary/aromatic N) is 2. The maximum atomic E-state index is 12.1. The van der Waals surface area contributed by atoms with Crippen LogP contribution in [0.5, 0.6) is 5.75 Å². The number of nitriles is 1. The number of esters is 1. The fourth-order valence-electron chi connectivity index (χ4n) is 3.55. The van der Waals surface area contributed by atoms with Gasteiger partial charge in [0.15, 0.2) is 0 Å². The van der Waals surface area contributed by atoms with Crippen molar-refractivity contribution in [3.05, 3.63) is 84.4 Å². The van der Waals surface area contributed by atoms with Crippen molar-refractivity contribution in [2.24, 2.45) is 0 Å². The van der Waals surface area contributed by atoms with E-state index in [4.69, 9.17) is 14.7 Å². The summed E-state index contributed by atoms with van der Waals surface area (Å²) in [6.07, 6.45) is 0.0320. The minimum Gasteiger partial charge on any atom is -0.497 e. The van der Waals surface area contributed by atoms with E-state index in [-0.39, 0.29) is 31.7 Å². The monoisotopic (exact) mass is 443 g/mol. The standard InChI is InChI=1S/C27H29N3O3/c1-21(29-19-27(31)33-18-8-17-28)30(20-22-9-4-3-5-10-22)26-12-7-6-11-25(26)23-13-15-24(32-2)16-14-23/h3-7,9-16,21,29H,8,18-20H2,1-2H3. The number of nitrogens with one attached hydrogen (secondary N) is 1. The molecule has 1 unspecified atom stereocenters. The fraction of sp³-hybridized carbons (Fsp3) is 0.259. The smallest absolute Gasteiger partial charge is 0.320 e. The zero-order valence-electron chi connectivity index (χ0n) is 19.0.